The Labute approximate surface area is 105 Å². The fourth-order valence-electron chi connectivity index (χ4n) is 1.16. The second-order valence-electron chi connectivity index (χ2n) is 3.96. The van der Waals surface area contributed by atoms with Crippen LogP contribution in [-0.2, 0) is 21.2 Å². The molecule has 0 unspecified atom stereocenters. The van der Waals surface area contributed by atoms with E-state index in [0.717, 1.165) is 16.2 Å². The summed E-state index contributed by atoms with van der Waals surface area (Å²) in [6.07, 6.45) is 0.610. The summed E-state index contributed by atoms with van der Waals surface area (Å²) in [6.45, 7) is 4.14. The van der Waals surface area contributed by atoms with Crippen LogP contribution in [0, 0.1) is 5.92 Å². The zero-order chi connectivity index (χ0) is 13.1. The third-order valence-electron chi connectivity index (χ3n) is 2.11. The molecule has 0 saturated carbocycles. The van der Waals surface area contributed by atoms with Gasteiger partial charge in [-0.1, -0.05) is 13.8 Å². The molecule has 0 aliphatic rings. The van der Waals surface area contributed by atoms with Gasteiger partial charge in [-0.15, -0.1) is 11.3 Å². The van der Waals surface area contributed by atoms with Gasteiger partial charge in [-0.3, -0.25) is 4.79 Å². The molecule has 3 N–H and O–H groups in total. The molecule has 0 aliphatic carbocycles. The first-order valence-electron chi connectivity index (χ1n) is 5.20. The lowest BCUT2D eigenvalue weighted by Gasteiger charge is -2.06. The van der Waals surface area contributed by atoms with E-state index in [-0.39, 0.29) is 16.0 Å². The molecule has 1 aromatic heterocycles. The molecule has 0 fully saturated rings. The monoisotopic (exact) mass is 276 g/mol. The predicted octanol–water partition coefficient (Wildman–Crippen LogP) is 0.710. The zero-order valence-corrected chi connectivity index (χ0v) is 11.4. The van der Waals surface area contributed by atoms with Gasteiger partial charge in [-0.25, -0.2) is 13.6 Å². The largest absolute Gasteiger partial charge is 0.356 e. The number of rotatable bonds is 5. The van der Waals surface area contributed by atoms with Gasteiger partial charge < -0.3 is 5.32 Å². The summed E-state index contributed by atoms with van der Waals surface area (Å²) in [4.78, 5) is 12.2. The van der Waals surface area contributed by atoms with E-state index in [4.69, 9.17) is 5.14 Å². The van der Waals surface area contributed by atoms with Crippen LogP contribution in [0.4, 0.5) is 0 Å². The van der Waals surface area contributed by atoms with Crippen molar-refractivity contribution in [1.29, 1.82) is 0 Å². The maximum Gasteiger partial charge on any atom is 0.247 e. The Morgan fingerprint density at radius 2 is 2.12 bits per heavy atom. The average Bonchev–Trinajstić information content (AvgIpc) is 2.65. The second kappa shape index (κ2) is 5.61. The van der Waals surface area contributed by atoms with E-state index >= 15 is 0 Å². The molecular formula is C10H16N2O3S2. The molecule has 0 aliphatic heterocycles. The molecule has 0 bridgehead atoms. The molecule has 1 rings (SSSR count). The molecule has 0 radical (unpaired) electrons. The molecule has 0 aromatic carbocycles. The van der Waals surface area contributed by atoms with Crippen molar-refractivity contribution in [2.24, 2.45) is 11.1 Å². The number of hydrogen-bond acceptors (Lipinski definition) is 4. The summed E-state index contributed by atoms with van der Waals surface area (Å²) in [5.74, 6) is -0.0495. The molecular weight excluding hydrogens is 260 g/mol. The molecule has 1 aromatic rings. The van der Waals surface area contributed by atoms with Gasteiger partial charge in [-0.05, 0) is 18.6 Å². The van der Waals surface area contributed by atoms with Crippen molar-refractivity contribution in [1.82, 2.24) is 5.32 Å². The van der Waals surface area contributed by atoms with Crippen molar-refractivity contribution in [2.45, 2.75) is 24.5 Å². The van der Waals surface area contributed by atoms with Gasteiger partial charge in [0.2, 0.25) is 15.9 Å². The third kappa shape index (κ3) is 4.45. The van der Waals surface area contributed by atoms with Crippen LogP contribution in [0.2, 0.25) is 0 Å². The lowest BCUT2D eigenvalue weighted by Crippen LogP contribution is -2.29. The Balaban J connectivity index is 2.49. The highest BCUT2D eigenvalue weighted by Gasteiger charge is 2.11. The summed E-state index contributed by atoms with van der Waals surface area (Å²) < 4.78 is 22.2. The molecule has 1 heterocycles. The van der Waals surface area contributed by atoms with Crippen molar-refractivity contribution in [2.75, 3.05) is 6.54 Å². The first-order valence-corrected chi connectivity index (χ1v) is 7.56. The Hall–Kier alpha value is -0.920. The third-order valence-corrected chi connectivity index (χ3v) is 4.70. The van der Waals surface area contributed by atoms with Crippen molar-refractivity contribution in [3.63, 3.8) is 0 Å². The van der Waals surface area contributed by atoms with Gasteiger partial charge in [-0.2, -0.15) is 0 Å². The van der Waals surface area contributed by atoms with Crippen molar-refractivity contribution >= 4 is 27.3 Å². The van der Waals surface area contributed by atoms with Gasteiger partial charge in [0.1, 0.15) is 4.21 Å². The Morgan fingerprint density at radius 3 is 2.59 bits per heavy atom. The van der Waals surface area contributed by atoms with E-state index in [1.54, 1.807) is 6.07 Å². The normalized spacial score (nSPS) is 11.8. The van der Waals surface area contributed by atoms with Crippen LogP contribution >= 0.6 is 11.3 Å². The van der Waals surface area contributed by atoms with Crippen molar-refractivity contribution < 1.29 is 13.2 Å². The van der Waals surface area contributed by atoms with E-state index in [2.05, 4.69) is 5.32 Å². The van der Waals surface area contributed by atoms with Crippen LogP contribution in [-0.4, -0.2) is 20.9 Å². The standard InChI is InChI=1S/C10H16N2O3S2/c1-7(2)10(13)12-6-5-8-3-4-9(16-8)17(11,14)15/h3-4,7H,5-6H2,1-2H3,(H,12,13)(H2,11,14,15). The highest BCUT2D eigenvalue weighted by Crippen LogP contribution is 2.20. The molecule has 0 spiro atoms. The minimum atomic E-state index is -3.61. The first kappa shape index (κ1) is 14.1. The average molecular weight is 276 g/mol. The first-order chi connectivity index (χ1) is 7.80. The topological polar surface area (TPSA) is 89.3 Å². The molecule has 0 saturated heterocycles. The maximum absolute atomic E-state index is 11.3. The smallest absolute Gasteiger partial charge is 0.247 e. The Kier molecular flexibility index (Phi) is 4.67. The zero-order valence-electron chi connectivity index (χ0n) is 9.76. The lowest BCUT2D eigenvalue weighted by molar-refractivity contribution is -0.123. The minimum Gasteiger partial charge on any atom is -0.356 e. The van der Waals surface area contributed by atoms with Gasteiger partial charge in [0.25, 0.3) is 0 Å². The van der Waals surface area contributed by atoms with Crippen LogP contribution in [0.15, 0.2) is 16.3 Å². The fraction of sp³-hybridized carbons (Fsp3) is 0.500. The molecule has 5 nitrogen and oxygen atoms in total. The predicted molar refractivity (Wildman–Crippen MR) is 67.2 cm³/mol. The number of hydrogen-bond donors (Lipinski definition) is 2. The maximum atomic E-state index is 11.3. The van der Waals surface area contributed by atoms with Crippen LogP contribution in [0.5, 0.6) is 0 Å². The SMILES string of the molecule is CC(C)C(=O)NCCc1ccc(S(N)(=O)=O)s1. The van der Waals surface area contributed by atoms with E-state index in [0.29, 0.717) is 13.0 Å². The Bertz CT molecular complexity index is 491. The molecule has 7 heteroatoms. The summed E-state index contributed by atoms with van der Waals surface area (Å²) in [6, 6.07) is 3.20. The second-order valence-corrected chi connectivity index (χ2v) is 6.92. The molecule has 17 heavy (non-hydrogen) atoms. The summed E-state index contributed by atoms with van der Waals surface area (Å²) in [7, 11) is -3.61. The Morgan fingerprint density at radius 1 is 1.47 bits per heavy atom. The van der Waals surface area contributed by atoms with Crippen LogP contribution in [0.1, 0.15) is 18.7 Å². The number of nitrogens with one attached hydrogen (secondary N) is 1. The van der Waals surface area contributed by atoms with Gasteiger partial charge in [0.05, 0.1) is 0 Å². The minimum absolute atomic E-state index is 0.00627. The lowest BCUT2D eigenvalue weighted by atomic mass is 10.2. The van der Waals surface area contributed by atoms with Crippen LogP contribution in [0.25, 0.3) is 0 Å². The highest BCUT2D eigenvalue weighted by molar-refractivity contribution is 7.91. The molecule has 0 atom stereocenters. The van der Waals surface area contributed by atoms with E-state index in [1.807, 2.05) is 13.8 Å². The number of carbonyl (C=O) groups is 1. The van der Waals surface area contributed by atoms with Gasteiger partial charge in [0.15, 0.2) is 0 Å². The number of sulfonamides is 1. The van der Waals surface area contributed by atoms with Crippen LogP contribution < -0.4 is 10.5 Å². The van der Waals surface area contributed by atoms with E-state index < -0.39 is 10.0 Å². The summed E-state index contributed by atoms with van der Waals surface area (Å²) in [5, 5.41) is 7.77. The highest BCUT2D eigenvalue weighted by atomic mass is 32.2. The summed E-state index contributed by atoms with van der Waals surface area (Å²) >= 11 is 1.14. The summed E-state index contributed by atoms with van der Waals surface area (Å²) in [5.41, 5.74) is 0. The molecule has 1 amide bonds. The number of carbonyl (C=O) groups excluding carboxylic acids is 1. The number of nitrogens with two attached hydrogens (primary N) is 1. The van der Waals surface area contributed by atoms with Crippen molar-refractivity contribution in [3.05, 3.63) is 17.0 Å². The van der Waals surface area contributed by atoms with Crippen LogP contribution in [0.3, 0.4) is 0 Å². The molecule has 96 valence electrons. The van der Waals surface area contributed by atoms with Gasteiger partial charge >= 0.3 is 0 Å². The van der Waals surface area contributed by atoms with Crippen molar-refractivity contribution in [3.8, 4) is 0 Å². The van der Waals surface area contributed by atoms with E-state index in [1.165, 1.54) is 6.07 Å². The number of amides is 1. The van der Waals surface area contributed by atoms with Gasteiger partial charge in [0, 0.05) is 17.3 Å². The number of thiophene rings is 1. The fourth-order valence-corrected chi connectivity index (χ4v) is 2.94. The quantitative estimate of drug-likeness (QED) is 0.830. The van der Waals surface area contributed by atoms with E-state index in [9.17, 15) is 13.2 Å². The number of primary sulfonamides is 1.